The summed E-state index contributed by atoms with van der Waals surface area (Å²) in [5, 5.41) is 15.2. The van der Waals surface area contributed by atoms with Gasteiger partial charge in [-0.25, -0.2) is 0 Å². The Morgan fingerprint density at radius 1 is 1.26 bits per heavy atom. The van der Waals surface area contributed by atoms with Crippen molar-refractivity contribution < 1.29 is 9.92 Å². The van der Waals surface area contributed by atoms with Crippen LogP contribution < -0.4 is 0 Å². The van der Waals surface area contributed by atoms with E-state index in [9.17, 15) is 10.1 Å². The fourth-order valence-electron chi connectivity index (χ4n) is 2.60. The average Bonchev–Trinajstić information content (AvgIpc) is 2.68. The van der Waals surface area contributed by atoms with Gasteiger partial charge in [0.15, 0.2) is 0 Å². The summed E-state index contributed by atoms with van der Waals surface area (Å²) in [6, 6.07) is 10.3. The van der Waals surface area contributed by atoms with E-state index < -0.39 is 17.2 Å². The van der Waals surface area contributed by atoms with Crippen molar-refractivity contribution in [3.8, 4) is 0 Å². The average molecular weight is 256 g/mol. The summed E-state index contributed by atoms with van der Waals surface area (Å²) in [4.78, 5) is 18.1. The second kappa shape index (κ2) is 4.15. The number of nitrogens with zero attached hydrogens (tertiary/aromatic N) is 4. The van der Waals surface area contributed by atoms with Crippen molar-refractivity contribution in [2.24, 2.45) is 5.11 Å². The summed E-state index contributed by atoms with van der Waals surface area (Å²) in [7, 11) is 0. The first-order chi connectivity index (χ1) is 9.22. The molecule has 7 heteroatoms. The Kier molecular flexibility index (Phi) is 2.47. The first kappa shape index (κ1) is 11.3. The molecule has 0 saturated carbocycles. The molecule has 1 aliphatic rings. The number of hydrogen-bond donors (Lipinski definition) is 0. The molecule has 0 amide bonds. The van der Waals surface area contributed by atoms with E-state index in [1.165, 1.54) is 0 Å². The van der Waals surface area contributed by atoms with Gasteiger partial charge in [0.05, 0.1) is 6.04 Å². The normalized spacial score (nSPS) is 20.0. The van der Waals surface area contributed by atoms with Crippen molar-refractivity contribution in [2.45, 2.75) is 12.1 Å². The maximum Gasteiger partial charge on any atom is 0.295 e. The van der Waals surface area contributed by atoms with Crippen LogP contribution in [0, 0.1) is 10.1 Å². The van der Waals surface area contributed by atoms with E-state index in [4.69, 9.17) is 10.4 Å². The molecule has 0 saturated heterocycles. The molecule has 0 unspecified atom stereocenters. The largest absolute Gasteiger partial charge is 0.305 e. The van der Waals surface area contributed by atoms with Crippen LogP contribution in [0.15, 0.2) is 41.5 Å². The second-order valence-corrected chi connectivity index (χ2v) is 4.19. The standard InChI is InChI=1S/C12H8N4O3/c13-15-14-11-8-5-1-3-7-4-2-6-9(10(7)8)12(11)19-16(17)18/h1-6,11-12H/t11-,12-/m1/s1. The summed E-state index contributed by atoms with van der Waals surface area (Å²) in [5.41, 5.74) is 10.1. The van der Waals surface area contributed by atoms with Crippen molar-refractivity contribution in [1.82, 2.24) is 0 Å². The Balaban J connectivity index is 2.26. The van der Waals surface area contributed by atoms with Crippen molar-refractivity contribution in [2.75, 3.05) is 0 Å². The van der Waals surface area contributed by atoms with E-state index in [0.29, 0.717) is 5.56 Å². The topological polar surface area (TPSA) is 101 Å². The zero-order valence-corrected chi connectivity index (χ0v) is 9.63. The Bertz CT molecular complexity index is 719. The van der Waals surface area contributed by atoms with E-state index in [0.717, 1.165) is 16.3 Å². The minimum absolute atomic E-state index is 0.683. The van der Waals surface area contributed by atoms with Gasteiger partial charge in [-0.3, -0.25) is 0 Å². The van der Waals surface area contributed by atoms with Gasteiger partial charge in [0, 0.05) is 4.91 Å². The third-order valence-corrected chi connectivity index (χ3v) is 3.26. The van der Waals surface area contributed by atoms with Crippen LogP contribution in [0.25, 0.3) is 21.2 Å². The molecule has 0 radical (unpaired) electrons. The minimum Gasteiger partial charge on any atom is -0.305 e. The molecule has 0 fully saturated rings. The molecule has 0 spiro atoms. The molecule has 0 aromatic heterocycles. The third-order valence-electron chi connectivity index (χ3n) is 3.26. The molecule has 94 valence electrons. The van der Waals surface area contributed by atoms with E-state index in [-0.39, 0.29) is 0 Å². The van der Waals surface area contributed by atoms with Crippen LogP contribution in [0.5, 0.6) is 0 Å². The number of rotatable bonds is 3. The second-order valence-electron chi connectivity index (χ2n) is 4.19. The van der Waals surface area contributed by atoms with E-state index in [1.807, 2.05) is 18.2 Å². The molecule has 7 nitrogen and oxygen atoms in total. The molecule has 19 heavy (non-hydrogen) atoms. The third kappa shape index (κ3) is 1.64. The highest BCUT2D eigenvalue weighted by Gasteiger charge is 2.36. The predicted octanol–water partition coefficient (Wildman–Crippen LogP) is 3.45. The zero-order valence-electron chi connectivity index (χ0n) is 9.63. The SMILES string of the molecule is [N-]=[N+]=N[C@@H]1c2cccc3cccc(c23)[C@H]1O[N+](=O)[O-]. The molecule has 0 aliphatic heterocycles. The van der Waals surface area contributed by atoms with Crippen LogP contribution in [0.2, 0.25) is 0 Å². The highest BCUT2D eigenvalue weighted by atomic mass is 17.0. The van der Waals surface area contributed by atoms with Gasteiger partial charge >= 0.3 is 0 Å². The lowest BCUT2D eigenvalue weighted by molar-refractivity contribution is -0.771. The molecule has 0 N–H and O–H groups in total. The van der Waals surface area contributed by atoms with Crippen LogP contribution in [0.1, 0.15) is 23.3 Å². The number of hydrogen-bond acceptors (Lipinski definition) is 4. The van der Waals surface area contributed by atoms with E-state index in [1.54, 1.807) is 18.2 Å². The molecular weight excluding hydrogens is 248 g/mol. The van der Waals surface area contributed by atoms with E-state index in [2.05, 4.69) is 10.0 Å². The monoisotopic (exact) mass is 256 g/mol. The van der Waals surface area contributed by atoms with E-state index >= 15 is 0 Å². The lowest BCUT2D eigenvalue weighted by Gasteiger charge is -2.14. The quantitative estimate of drug-likeness (QED) is 0.276. The summed E-state index contributed by atoms with van der Waals surface area (Å²) in [5.74, 6) is 0. The summed E-state index contributed by atoms with van der Waals surface area (Å²) in [6.07, 6.45) is -0.882. The van der Waals surface area contributed by atoms with Gasteiger partial charge in [-0.05, 0) is 27.4 Å². The minimum atomic E-state index is -0.882. The summed E-state index contributed by atoms with van der Waals surface area (Å²) >= 11 is 0. The maximum absolute atomic E-state index is 10.6. The smallest absolute Gasteiger partial charge is 0.295 e. The Morgan fingerprint density at radius 3 is 2.58 bits per heavy atom. The fraction of sp³-hybridized carbons (Fsp3) is 0.167. The van der Waals surface area contributed by atoms with Crippen LogP contribution in [0.3, 0.4) is 0 Å². The molecule has 2 aromatic rings. The van der Waals surface area contributed by atoms with Gasteiger partial charge in [-0.2, -0.15) is 0 Å². The van der Waals surface area contributed by atoms with Crippen LogP contribution in [0.4, 0.5) is 0 Å². The first-order valence-electron chi connectivity index (χ1n) is 5.59. The molecule has 0 bridgehead atoms. The highest BCUT2D eigenvalue weighted by Crippen LogP contribution is 2.47. The summed E-state index contributed by atoms with van der Waals surface area (Å²) < 4.78 is 0. The van der Waals surface area contributed by atoms with Crippen molar-refractivity contribution in [3.63, 3.8) is 0 Å². The number of azide groups is 1. The Labute approximate surface area is 107 Å². The molecule has 3 rings (SSSR count). The molecular formula is C12H8N4O3. The van der Waals surface area contributed by atoms with Gasteiger partial charge in [0.25, 0.3) is 5.09 Å². The molecule has 1 aliphatic carbocycles. The van der Waals surface area contributed by atoms with Gasteiger partial charge < -0.3 is 4.84 Å². The van der Waals surface area contributed by atoms with Crippen LogP contribution >= 0.6 is 0 Å². The predicted molar refractivity (Wildman–Crippen MR) is 66.7 cm³/mol. The van der Waals surface area contributed by atoms with Crippen LogP contribution in [-0.2, 0) is 4.84 Å². The molecule has 2 atom stereocenters. The first-order valence-corrected chi connectivity index (χ1v) is 5.59. The maximum atomic E-state index is 10.6. The lowest BCUT2D eigenvalue weighted by Crippen LogP contribution is -2.12. The molecule has 2 aromatic carbocycles. The fourth-order valence-corrected chi connectivity index (χ4v) is 2.60. The van der Waals surface area contributed by atoms with Crippen molar-refractivity contribution in [3.05, 3.63) is 68.1 Å². The zero-order chi connectivity index (χ0) is 13.4. The Hall–Kier alpha value is -2.79. The van der Waals surface area contributed by atoms with Crippen LogP contribution in [-0.4, -0.2) is 5.09 Å². The van der Waals surface area contributed by atoms with Crippen molar-refractivity contribution in [1.29, 1.82) is 0 Å². The lowest BCUT2D eigenvalue weighted by atomic mass is 10.1. The van der Waals surface area contributed by atoms with Gasteiger partial charge in [-0.1, -0.05) is 41.5 Å². The van der Waals surface area contributed by atoms with Gasteiger partial charge in [-0.15, -0.1) is 10.1 Å². The molecule has 0 heterocycles. The van der Waals surface area contributed by atoms with Gasteiger partial charge in [0.1, 0.15) is 6.10 Å². The number of benzene rings is 2. The summed E-state index contributed by atoms with van der Waals surface area (Å²) in [6.45, 7) is 0. The Morgan fingerprint density at radius 2 is 1.95 bits per heavy atom. The highest BCUT2D eigenvalue weighted by molar-refractivity contribution is 5.92. The van der Waals surface area contributed by atoms with Gasteiger partial charge in [0.2, 0.25) is 0 Å². The van der Waals surface area contributed by atoms with Crippen molar-refractivity contribution >= 4 is 10.8 Å².